The fraction of sp³-hybridized carbons (Fsp3) is 0.455. The van der Waals surface area contributed by atoms with Crippen molar-refractivity contribution in [2.24, 2.45) is 5.92 Å². The van der Waals surface area contributed by atoms with Gasteiger partial charge in [0.1, 0.15) is 0 Å². The number of benzene rings is 2. The predicted molar refractivity (Wildman–Crippen MR) is 98.9 cm³/mol. The average Bonchev–Trinajstić information content (AvgIpc) is 2.66. The molecule has 0 bridgehead atoms. The summed E-state index contributed by atoms with van der Waals surface area (Å²) in [6.07, 6.45) is 3.20. The Labute approximate surface area is 158 Å². The number of rotatable bonds is 6. The van der Waals surface area contributed by atoms with Crippen molar-refractivity contribution < 1.29 is 22.6 Å². The Balaban J connectivity index is 1.56. The van der Waals surface area contributed by atoms with Crippen molar-refractivity contribution in [1.29, 1.82) is 0 Å². The van der Waals surface area contributed by atoms with E-state index < -0.39 is 11.6 Å². The lowest BCUT2D eigenvalue weighted by Crippen LogP contribution is -2.20. The van der Waals surface area contributed by atoms with Crippen LogP contribution in [-0.4, -0.2) is 13.2 Å². The molecule has 2 nitrogen and oxygen atoms in total. The Morgan fingerprint density at radius 3 is 2.26 bits per heavy atom. The van der Waals surface area contributed by atoms with E-state index in [1.165, 1.54) is 12.1 Å². The van der Waals surface area contributed by atoms with Crippen molar-refractivity contribution in [1.82, 2.24) is 0 Å². The van der Waals surface area contributed by atoms with Gasteiger partial charge in [0.05, 0.1) is 13.2 Å². The van der Waals surface area contributed by atoms with E-state index in [0.717, 1.165) is 31.2 Å². The molecule has 1 aliphatic carbocycles. The highest BCUT2D eigenvalue weighted by Crippen LogP contribution is 2.39. The molecular weight excluding hydrogens is 353 g/mol. The molecule has 1 aliphatic rings. The fourth-order valence-corrected chi connectivity index (χ4v) is 3.70. The molecule has 0 spiro atoms. The van der Waals surface area contributed by atoms with Crippen LogP contribution >= 0.6 is 0 Å². The van der Waals surface area contributed by atoms with Gasteiger partial charge in [-0.3, -0.25) is 0 Å². The van der Waals surface area contributed by atoms with Crippen LogP contribution in [0, 0.1) is 30.3 Å². The molecule has 2 aromatic rings. The molecule has 0 unspecified atom stereocenters. The van der Waals surface area contributed by atoms with Gasteiger partial charge in [0.25, 0.3) is 0 Å². The van der Waals surface area contributed by atoms with E-state index in [1.807, 2.05) is 13.0 Å². The average molecular weight is 378 g/mol. The van der Waals surface area contributed by atoms with Crippen molar-refractivity contribution >= 4 is 0 Å². The first kappa shape index (κ1) is 19.6. The summed E-state index contributed by atoms with van der Waals surface area (Å²) < 4.78 is 53.1. The van der Waals surface area contributed by atoms with E-state index in [-0.39, 0.29) is 29.2 Å². The zero-order valence-electron chi connectivity index (χ0n) is 15.7. The minimum absolute atomic E-state index is 0.0115. The van der Waals surface area contributed by atoms with Gasteiger partial charge in [0, 0.05) is 0 Å². The molecule has 0 heterocycles. The van der Waals surface area contributed by atoms with Gasteiger partial charge in [-0.05, 0) is 80.7 Å². The molecule has 0 N–H and O–H groups in total. The van der Waals surface area contributed by atoms with Gasteiger partial charge < -0.3 is 9.47 Å². The van der Waals surface area contributed by atoms with Crippen LogP contribution in [-0.2, 0) is 0 Å². The molecular formula is C22H25F3O2. The van der Waals surface area contributed by atoms with E-state index >= 15 is 0 Å². The first-order valence-corrected chi connectivity index (χ1v) is 9.49. The molecule has 5 heteroatoms. The quantitative estimate of drug-likeness (QED) is 0.599. The van der Waals surface area contributed by atoms with Crippen LogP contribution in [0.4, 0.5) is 13.2 Å². The van der Waals surface area contributed by atoms with E-state index in [9.17, 15) is 13.2 Å². The lowest BCUT2D eigenvalue weighted by Gasteiger charge is -2.29. The number of hydrogen-bond acceptors (Lipinski definition) is 2. The second-order valence-corrected chi connectivity index (χ2v) is 7.18. The number of ether oxygens (including phenoxy) is 2. The lowest BCUT2D eigenvalue weighted by atomic mass is 9.79. The Morgan fingerprint density at radius 2 is 1.59 bits per heavy atom. The first-order valence-electron chi connectivity index (χ1n) is 9.49. The predicted octanol–water partition coefficient (Wildman–Crippen LogP) is 6.16. The second-order valence-electron chi connectivity index (χ2n) is 7.18. The summed E-state index contributed by atoms with van der Waals surface area (Å²) in [5.41, 5.74) is 1.27. The van der Waals surface area contributed by atoms with Gasteiger partial charge in [-0.1, -0.05) is 12.1 Å². The Kier molecular flexibility index (Phi) is 6.30. The summed E-state index contributed by atoms with van der Waals surface area (Å²) >= 11 is 0. The summed E-state index contributed by atoms with van der Waals surface area (Å²) in [6.45, 7) is 4.29. The van der Waals surface area contributed by atoms with Crippen molar-refractivity contribution in [3.05, 3.63) is 58.9 Å². The largest absolute Gasteiger partial charge is 0.491 e. The number of hydrogen-bond donors (Lipinski definition) is 0. The van der Waals surface area contributed by atoms with Crippen LogP contribution in [0.25, 0.3) is 0 Å². The smallest absolute Gasteiger partial charge is 0.200 e. The molecule has 3 rings (SSSR count). The number of halogens is 3. The van der Waals surface area contributed by atoms with Gasteiger partial charge in [0.2, 0.25) is 5.82 Å². The Hall–Kier alpha value is -2.17. The fourth-order valence-electron chi connectivity index (χ4n) is 3.70. The SMILES string of the molecule is CCOc1ccc(C2CCC(COc3ccc(C)cc3F)CC2)c(F)c1F. The molecule has 1 fully saturated rings. The van der Waals surface area contributed by atoms with Crippen LogP contribution in [0.2, 0.25) is 0 Å². The molecule has 146 valence electrons. The van der Waals surface area contributed by atoms with Crippen LogP contribution in [0.15, 0.2) is 30.3 Å². The monoisotopic (exact) mass is 378 g/mol. The molecule has 1 saturated carbocycles. The van der Waals surface area contributed by atoms with Gasteiger partial charge >= 0.3 is 0 Å². The standard InChI is InChI=1S/C22H25F3O2/c1-3-26-20-11-9-17(21(24)22(20)25)16-7-5-15(6-8-16)13-27-19-10-4-14(2)12-18(19)23/h4,9-12,15-16H,3,5-8,13H2,1-2H3. The zero-order chi connectivity index (χ0) is 19.4. The van der Waals surface area contributed by atoms with Gasteiger partial charge in [-0.2, -0.15) is 4.39 Å². The summed E-state index contributed by atoms with van der Waals surface area (Å²) in [5.74, 6) is -1.56. The molecule has 0 amide bonds. The summed E-state index contributed by atoms with van der Waals surface area (Å²) in [6, 6.07) is 8.06. The summed E-state index contributed by atoms with van der Waals surface area (Å²) in [4.78, 5) is 0. The topological polar surface area (TPSA) is 18.5 Å². The van der Waals surface area contributed by atoms with Gasteiger partial charge in [-0.25, -0.2) is 8.78 Å². The summed E-state index contributed by atoms with van der Waals surface area (Å²) in [7, 11) is 0. The van der Waals surface area contributed by atoms with Crippen molar-refractivity contribution in [2.45, 2.75) is 45.4 Å². The van der Waals surface area contributed by atoms with E-state index in [4.69, 9.17) is 9.47 Å². The molecule has 2 aromatic carbocycles. The van der Waals surface area contributed by atoms with Crippen LogP contribution in [0.1, 0.15) is 49.7 Å². The maximum Gasteiger partial charge on any atom is 0.200 e. The van der Waals surface area contributed by atoms with Crippen LogP contribution < -0.4 is 9.47 Å². The third kappa shape index (κ3) is 4.57. The number of aryl methyl sites for hydroxylation is 1. The van der Waals surface area contributed by atoms with E-state index in [1.54, 1.807) is 19.1 Å². The van der Waals surface area contributed by atoms with Crippen LogP contribution in [0.5, 0.6) is 11.5 Å². The Morgan fingerprint density at radius 1 is 0.889 bits per heavy atom. The third-order valence-corrected chi connectivity index (χ3v) is 5.23. The molecule has 0 radical (unpaired) electrons. The van der Waals surface area contributed by atoms with Gasteiger partial charge in [0.15, 0.2) is 23.1 Å². The second kappa shape index (κ2) is 8.68. The van der Waals surface area contributed by atoms with Crippen LogP contribution in [0.3, 0.4) is 0 Å². The molecule has 27 heavy (non-hydrogen) atoms. The lowest BCUT2D eigenvalue weighted by molar-refractivity contribution is 0.193. The van der Waals surface area contributed by atoms with Crippen molar-refractivity contribution in [3.8, 4) is 11.5 Å². The van der Waals surface area contributed by atoms with Crippen molar-refractivity contribution in [3.63, 3.8) is 0 Å². The minimum atomic E-state index is -0.908. The zero-order valence-corrected chi connectivity index (χ0v) is 15.7. The Bertz CT molecular complexity index is 783. The van der Waals surface area contributed by atoms with E-state index in [2.05, 4.69) is 0 Å². The van der Waals surface area contributed by atoms with Gasteiger partial charge in [-0.15, -0.1) is 0 Å². The maximum absolute atomic E-state index is 14.4. The molecule has 0 aliphatic heterocycles. The summed E-state index contributed by atoms with van der Waals surface area (Å²) in [5, 5.41) is 0. The molecule has 0 atom stereocenters. The van der Waals surface area contributed by atoms with Crippen molar-refractivity contribution in [2.75, 3.05) is 13.2 Å². The molecule has 0 aromatic heterocycles. The maximum atomic E-state index is 14.4. The highest BCUT2D eigenvalue weighted by atomic mass is 19.2. The molecule has 0 saturated heterocycles. The normalized spacial score (nSPS) is 19.7. The van der Waals surface area contributed by atoms with E-state index in [0.29, 0.717) is 18.8 Å². The highest BCUT2D eigenvalue weighted by molar-refractivity contribution is 5.33. The minimum Gasteiger partial charge on any atom is -0.491 e. The highest BCUT2D eigenvalue weighted by Gasteiger charge is 2.27. The first-order chi connectivity index (χ1) is 13.0. The third-order valence-electron chi connectivity index (χ3n) is 5.23.